The van der Waals surface area contributed by atoms with Gasteiger partial charge in [-0.2, -0.15) is 5.10 Å². The third-order valence-corrected chi connectivity index (χ3v) is 4.05. The molecular formula is C15H23N5O. The summed E-state index contributed by atoms with van der Waals surface area (Å²) in [6.45, 7) is 6.29. The van der Waals surface area contributed by atoms with Crippen molar-refractivity contribution in [2.75, 3.05) is 5.32 Å². The third kappa shape index (κ3) is 2.72. The van der Waals surface area contributed by atoms with E-state index in [1.165, 1.54) is 0 Å². The van der Waals surface area contributed by atoms with Crippen LogP contribution in [0.1, 0.15) is 46.5 Å². The molecule has 114 valence electrons. The number of aliphatic hydroxyl groups is 1. The van der Waals surface area contributed by atoms with E-state index in [0.29, 0.717) is 0 Å². The number of hydrogen-bond acceptors (Lipinski definition) is 5. The highest BCUT2D eigenvalue weighted by atomic mass is 16.3. The van der Waals surface area contributed by atoms with E-state index in [-0.39, 0.29) is 17.7 Å². The molecule has 0 radical (unpaired) electrons. The summed E-state index contributed by atoms with van der Waals surface area (Å²) in [6, 6.07) is 0.0647. The van der Waals surface area contributed by atoms with Crippen LogP contribution in [-0.4, -0.2) is 37.0 Å². The largest absolute Gasteiger partial charge is 0.391 e. The van der Waals surface area contributed by atoms with Crippen molar-refractivity contribution in [2.24, 2.45) is 0 Å². The van der Waals surface area contributed by atoms with Crippen molar-refractivity contribution in [3.8, 4) is 0 Å². The fourth-order valence-corrected chi connectivity index (χ4v) is 2.91. The van der Waals surface area contributed by atoms with Crippen molar-refractivity contribution in [2.45, 2.75) is 64.1 Å². The van der Waals surface area contributed by atoms with Gasteiger partial charge in [0.1, 0.15) is 12.1 Å². The minimum Gasteiger partial charge on any atom is -0.391 e. The number of fused-ring (bicyclic) bond motifs is 1. The Labute approximate surface area is 124 Å². The van der Waals surface area contributed by atoms with Crippen LogP contribution >= 0.6 is 0 Å². The van der Waals surface area contributed by atoms with Crippen LogP contribution in [0.5, 0.6) is 0 Å². The maximum Gasteiger partial charge on any atom is 0.163 e. The molecule has 0 saturated heterocycles. The summed E-state index contributed by atoms with van der Waals surface area (Å²) in [6.07, 6.45) is 7.13. The standard InChI is InChI=1S/C15H23N5O/c1-15(2,3)20-14-10(8-18-20)13(16-9-17-14)19-11-6-4-5-7-12(11)21/h8-9,11-12,21H,4-7H2,1-3H3,(H,16,17,19)/t11-,12-/m0/s1. The highest BCUT2D eigenvalue weighted by molar-refractivity contribution is 5.86. The first kappa shape index (κ1) is 14.3. The summed E-state index contributed by atoms with van der Waals surface area (Å²) in [7, 11) is 0. The molecule has 0 aliphatic heterocycles. The Morgan fingerprint density at radius 3 is 2.71 bits per heavy atom. The second-order valence-electron chi connectivity index (χ2n) is 6.79. The second-order valence-corrected chi connectivity index (χ2v) is 6.79. The molecule has 21 heavy (non-hydrogen) atoms. The zero-order valence-electron chi connectivity index (χ0n) is 12.9. The number of nitrogens with one attached hydrogen (secondary N) is 1. The van der Waals surface area contributed by atoms with Gasteiger partial charge in [0, 0.05) is 0 Å². The smallest absolute Gasteiger partial charge is 0.163 e. The second kappa shape index (κ2) is 5.26. The first-order valence-electron chi connectivity index (χ1n) is 7.60. The predicted molar refractivity (Wildman–Crippen MR) is 82.2 cm³/mol. The van der Waals surface area contributed by atoms with Crippen molar-refractivity contribution >= 4 is 16.9 Å². The summed E-state index contributed by atoms with van der Waals surface area (Å²) in [5, 5.41) is 18.9. The van der Waals surface area contributed by atoms with Crippen LogP contribution in [0.4, 0.5) is 5.82 Å². The normalized spacial score (nSPS) is 23.4. The minimum absolute atomic E-state index is 0.0647. The quantitative estimate of drug-likeness (QED) is 0.887. The van der Waals surface area contributed by atoms with E-state index in [2.05, 4.69) is 41.2 Å². The lowest BCUT2D eigenvalue weighted by atomic mass is 9.92. The van der Waals surface area contributed by atoms with E-state index in [1.807, 2.05) is 4.68 Å². The molecule has 2 heterocycles. The van der Waals surface area contributed by atoms with Crippen LogP contribution in [0.15, 0.2) is 12.5 Å². The van der Waals surface area contributed by atoms with Crippen LogP contribution in [0.25, 0.3) is 11.0 Å². The Hall–Kier alpha value is -1.69. The molecule has 2 N–H and O–H groups in total. The SMILES string of the molecule is CC(C)(C)n1ncc2c(N[C@H]3CCCC[C@@H]3O)ncnc21. The number of anilines is 1. The first-order valence-corrected chi connectivity index (χ1v) is 7.60. The maximum atomic E-state index is 10.1. The Bertz CT molecular complexity index is 631. The van der Waals surface area contributed by atoms with Crippen LogP contribution in [0, 0.1) is 0 Å². The van der Waals surface area contributed by atoms with Crippen LogP contribution in [0.3, 0.4) is 0 Å². The van der Waals surface area contributed by atoms with Crippen molar-refractivity contribution in [1.29, 1.82) is 0 Å². The highest BCUT2D eigenvalue weighted by Gasteiger charge is 2.25. The molecule has 2 aromatic rings. The number of aliphatic hydroxyl groups excluding tert-OH is 1. The van der Waals surface area contributed by atoms with E-state index >= 15 is 0 Å². The molecule has 0 spiro atoms. The van der Waals surface area contributed by atoms with Gasteiger partial charge in [0.15, 0.2) is 5.65 Å². The molecule has 1 aliphatic carbocycles. The fourth-order valence-electron chi connectivity index (χ4n) is 2.91. The van der Waals surface area contributed by atoms with E-state index in [0.717, 1.165) is 42.5 Å². The van der Waals surface area contributed by atoms with Gasteiger partial charge in [-0.15, -0.1) is 0 Å². The van der Waals surface area contributed by atoms with Gasteiger partial charge in [-0.25, -0.2) is 14.6 Å². The van der Waals surface area contributed by atoms with Crippen molar-refractivity contribution in [3.63, 3.8) is 0 Å². The molecule has 0 amide bonds. The average Bonchev–Trinajstić information content (AvgIpc) is 2.86. The zero-order chi connectivity index (χ0) is 15.0. The monoisotopic (exact) mass is 289 g/mol. The molecule has 1 saturated carbocycles. The fraction of sp³-hybridized carbons (Fsp3) is 0.667. The molecule has 1 aliphatic rings. The van der Waals surface area contributed by atoms with Crippen LogP contribution < -0.4 is 5.32 Å². The van der Waals surface area contributed by atoms with Gasteiger partial charge >= 0.3 is 0 Å². The number of nitrogens with zero attached hydrogens (tertiary/aromatic N) is 4. The summed E-state index contributed by atoms with van der Waals surface area (Å²) < 4.78 is 1.91. The molecule has 2 atom stereocenters. The average molecular weight is 289 g/mol. The van der Waals surface area contributed by atoms with Gasteiger partial charge in [0.2, 0.25) is 0 Å². The van der Waals surface area contributed by atoms with Crippen molar-refractivity contribution < 1.29 is 5.11 Å². The lowest BCUT2D eigenvalue weighted by molar-refractivity contribution is 0.116. The molecule has 0 aromatic carbocycles. The summed E-state index contributed by atoms with van der Waals surface area (Å²) >= 11 is 0. The van der Waals surface area contributed by atoms with Crippen LogP contribution in [-0.2, 0) is 5.54 Å². The van der Waals surface area contributed by atoms with E-state index in [9.17, 15) is 5.11 Å². The van der Waals surface area contributed by atoms with E-state index < -0.39 is 0 Å². The molecule has 1 fully saturated rings. The van der Waals surface area contributed by atoms with Gasteiger partial charge in [0.05, 0.1) is 29.3 Å². The van der Waals surface area contributed by atoms with Gasteiger partial charge in [-0.05, 0) is 33.6 Å². The molecule has 3 rings (SSSR count). The Morgan fingerprint density at radius 1 is 1.24 bits per heavy atom. The maximum absolute atomic E-state index is 10.1. The Balaban J connectivity index is 1.94. The summed E-state index contributed by atoms with van der Waals surface area (Å²) in [5.74, 6) is 0.765. The van der Waals surface area contributed by atoms with Crippen molar-refractivity contribution in [1.82, 2.24) is 19.7 Å². The highest BCUT2D eigenvalue weighted by Crippen LogP contribution is 2.27. The molecule has 0 unspecified atom stereocenters. The molecular weight excluding hydrogens is 266 g/mol. The van der Waals surface area contributed by atoms with Crippen molar-refractivity contribution in [3.05, 3.63) is 12.5 Å². The minimum atomic E-state index is -0.304. The Morgan fingerprint density at radius 2 is 2.00 bits per heavy atom. The third-order valence-electron chi connectivity index (χ3n) is 4.05. The first-order chi connectivity index (χ1) is 9.97. The lowest BCUT2D eigenvalue weighted by Gasteiger charge is -2.28. The number of rotatable bonds is 2. The van der Waals surface area contributed by atoms with E-state index in [4.69, 9.17) is 0 Å². The van der Waals surface area contributed by atoms with Gasteiger partial charge < -0.3 is 10.4 Å². The topological polar surface area (TPSA) is 75.9 Å². The van der Waals surface area contributed by atoms with Gasteiger partial charge in [-0.3, -0.25) is 0 Å². The van der Waals surface area contributed by atoms with E-state index in [1.54, 1.807) is 12.5 Å². The van der Waals surface area contributed by atoms with Gasteiger partial charge in [-0.1, -0.05) is 12.8 Å². The lowest BCUT2D eigenvalue weighted by Crippen LogP contribution is -2.36. The molecule has 6 heteroatoms. The molecule has 0 bridgehead atoms. The number of aromatic nitrogens is 4. The molecule has 6 nitrogen and oxygen atoms in total. The zero-order valence-corrected chi connectivity index (χ0v) is 12.9. The van der Waals surface area contributed by atoms with Crippen LogP contribution in [0.2, 0.25) is 0 Å². The summed E-state index contributed by atoms with van der Waals surface area (Å²) in [4.78, 5) is 8.71. The molecule has 2 aromatic heterocycles. The predicted octanol–water partition coefficient (Wildman–Crippen LogP) is 2.30. The Kier molecular flexibility index (Phi) is 3.57. The van der Waals surface area contributed by atoms with Gasteiger partial charge in [0.25, 0.3) is 0 Å². The summed E-state index contributed by atoms with van der Waals surface area (Å²) in [5.41, 5.74) is 0.697. The number of hydrogen-bond donors (Lipinski definition) is 2.